The first-order valence-electron chi connectivity index (χ1n) is 10.5. The van der Waals surface area contributed by atoms with Crippen LogP contribution in [-0.2, 0) is 24.4 Å². The summed E-state index contributed by atoms with van der Waals surface area (Å²) in [5, 5.41) is 0.356. The summed E-state index contributed by atoms with van der Waals surface area (Å²) in [5.41, 5.74) is -0.212. The highest BCUT2D eigenvalue weighted by atomic mass is 35.5. The van der Waals surface area contributed by atoms with Crippen LogP contribution in [0.4, 0.5) is 8.78 Å². The fraction of sp³-hybridized carbons (Fsp3) is 0.478. The monoisotopic (exact) mass is 504 g/mol. The molecular weight excluding hydrogens is 478 g/mol. The number of sulfone groups is 2. The lowest BCUT2D eigenvalue weighted by atomic mass is 9.78. The maximum Gasteiger partial charge on any atom is 0.188 e. The van der Waals surface area contributed by atoms with E-state index in [0.717, 1.165) is 18.2 Å². The predicted octanol–water partition coefficient (Wildman–Crippen LogP) is 5.55. The average molecular weight is 505 g/mol. The number of rotatable bonds is 7. The number of halogens is 3. The second-order valence-corrected chi connectivity index (χ2v) is 13.8. The van der Waals surface area contributed by atoms with Crippen LogP contribution < -0.4 is 0 Å². The van der Waals surface area contributed by atoms with Gasteiger partial charge in [-0.15, -0.1) is 0 Å². The van der Waals surface area contributed by atoms with E-state index in [-0.39, 0.29) is 59.5 Å². The molecule has 32 heavy (non-hydrogen) atoms. The molecule has 4 nitrogen and oxygen atoms in total. The van der Waals surface area contributed by atoms with Gasteiger partial charge in [-0.2, -0.15) is 0 Å². The molecule has 0 heterocycles. The van der Waals surface area contributed by atoms with Crippen molar-refractivity contribution in [3.63, 3.8) is 0 Å². The molecule has 0 aromatic heterocycles. The van der Waals surface area contributed by atoms with Crippen molar-refractivity contribution < 1.29 is 25.6 Å². The van der Waals surface area contributed by atoms with Gasteiger partial charge in [-0.25, -0.2) is 25.6 Å². The van der Waals surface area contributed by atoms with Crippen LogP contribution in [0.1, 0.15) is 45.1 Å². The van der Waals surface area contributed by atoms with Gasteiger partial charge in [0, 0.05) is 10.6 Å². The SMILES string of the molecule is CC(C)CS(=O)(=O)CC1CCC(c2cc(F)ccc2F)(S(=O)(=O)c2ccc(Cl)cc2)CC1. The van der Waals surface area contributed by atoms with Gasteiger partial charge in [0.2, 0.25) is 0 Å². The fourth-order valence-electron chi connectivity index (χ4n) is 4.61. The third kappa shape index (κ3) is 5.18. The van der Waals surface area contributed by atoms with Crippen LogP contribution in [-0.4, -0.2) is 28.3 Å². The molecule has 1 aliphatic carbocycles. The van der Waals surface area contributed by atoms with Gasteiger partial charge in [-0.05, 0) is 80.0 Å². The lowest BCUT2D eigenvalue weighted by molar-refractivity contribution is 0.303. The molecule has 0 radical (unpaired) electrons. The molecule has 0 unspecified atom stereocenters. The number of hydrogen-bond donors (Lipinski definition) is 0. The van der Waals surface area contributed by atoms with Gasteiger partial charge in [0.05, 0.1) is 16.4 Å². The van der Waals surface area contributed by atoms with Crippen molar-refractivity contribution in [3.05, 3.63) is 64.7 Å². The molecule has 1 aliphatic rings. The fourth-order valence-corrected chi connectivity index (χ4v) is 9.11. The van der Waals surface area contributed by atoms with Gasteiger partial charge in [0.15, 0.2) is 19.7 Å². The molecule has 2 aromatic rings. The minimum Gasteiger partial charge on any atom is -0.229 e. The number of benzene rings is 2. The van der Waals surface area contributed by atoms with Crippen molar-refractivity contribution in [1.29, 1.82) is 0 Å². The molecule has 0 saturated heterocycles. The highest BCUT2D eigenvalue weighted by molar-refractivity contribution is 7.92. The molecule has 0 bridgehead atoms. The lowest BCUT2D eigenvalue weighted by Gasteiger charge is -2.40. The highest BCUT2D eigenvalue weighted by Crippen LogP contribution is 2.49. The molecular formula is C23H27ClF2O4S2. The second kappa shape index (κ2) is 9.39. The normalized spacial score (nSPS) is 22.2. The molecule has 0 amide bonds. The molecule has 0 N–H and O–H groups in total. The highest BCUT2D eigenvalue weighted by Gasteiger charge is 2.50. The Morgan fingerprint density at radius 2 is 1.59 bits per heavy atom. The minimum atomic E-state index is -4.13. The van der Waals surface area contributed by atoms with E-state index in [1.54, 1.807) is 0 Å². The summed E-state index contributed by atoms with van der Waals surface area (Å²) in [5.74, 6) is -1.73. The quantitative estimate of drug-likeness (QED) is 0.496. The Bertz CT molecular complexity index is 1170. The van der Waals surface area contributed by atoms with E-state index in [1.165, 1.54) is 24.3 Å². The van der Waals surface area contributed by atoms with E-state index in [0.29, 0.717) is 5.02 Å². The summed E-state index contributed by atoms with van der Waals surface area (Å²) in [6.07, 6.45) is 0.556. The Morgan fingerprint density at radius 1 is 1.00 bits per heavy atom. The van der Waals surface area contributed by atoms with Crippen molar-refractivity contribution in [2.24, 2.45) is 11.8 Å². The van der Waals surface area contributed by atoms with Crippen molar-refractivity contribution >= 4 is 31.3 Å². The molecule has 1 fully saturated rings. The molecule has 0 aliphatic heterocycles. The van der Waals surface area contributed by atoms with Crippen LogP contribution in [0, 0.1) is 23.5 Å². The molecule has 176 valence electrons. The van der Waals surface area contributed by atoms with Gasteiger partial charge in [0.25, 0.3) is 0 Å². The Morgan fingerprint density at radius 3 is 2.16 bits per heavy atom. The summed E-state index contributed by atoms with van der Waals surface area (Å²) in [7, 11) is -7.42. The van der Waals surface area contributed by atoms with E-state index < -0.39 is 36.1 Å². The van der Waals surface area contributed by atoms with Crippen LogP contribution in [0.5, 0.6) is 0 Å². The molecule has 1 saturated carbocycles. The third-order valence-corrected chi connectivity index (χ3v) is 11.0. The minimum absolute atomic E-state index is 0.000197. The van der Waals surface area contributed by atoms with Crippen molar-refractivity contribution in [3.8, 4) is 0 Å². The first kappa shape index (κ1) is 25.1. The standard InChI is InChI=1S/C23H27ClF2O4S2/c1-16(2)14-31(27,28)15-17-9-11-23(12-10-17,21-13-19(25)5-8-22(21)26)32(29,30)20-6-3-18(24)4-7-20/h3-8,13,16-17H,9-12,14-15H2,1-2H3. The Balaban J connectivity index is 2.01. The topological polar surface area (TPSA) is 68.3 Å². The van der Waals surface area contributed by atoms with E-state index in [4.69, 9.17) is 11.6 Å². The summed E-state index contributed by atoms with van der Waals surface area (Å²) >= 11 is 5.90. The number of hydrogen-bond acceptors (Lipinski definition) is 4. The van der Waals surface area contributed by atoms with Gasteiger partial charge >= 0.3 is 0 Å². The maximum atomic E-state index is 14.9. The smallest absolute Gasteiger partial charge is 0.188 e. The molecule has 3 rings (SSSR count). The first-order valence-corrected chi connectivity index (χ1v) is 14.2. The van der Waals surface area contributed by atoms with Crippen molar-refractivity contribution in [2.45, 2.75) is 49.2 Å². The maximum absolute atomic E-state index is 14.9. The van der Waals surface area contributed by atoms with E-state index in [9.17, 15) is 25.6 Å². The van der Waals surface area contributed by atoms with E-state index in [2.05, 4.69) is 0 Å². The van der Waals surface area contributed by atoms with Crippen LogP contribution in [0.25, 0.3) is 0 Å². The van der Waals surface area contributed by atoms with Crippen LogP contribution in [0.2, 0.25) is 5.02 Å². The van der Waals surface area contributed by atoms with Gasteiger partial charge in [0.1, 0.15) is 16.4 Å². The largest absolute Gasteiger partial charge is 0.229 e. The summed E-state index contributed by atoms with van der Waals surface area (Å²) in [4.78, 5) is -0.0311. The van der Waals surface area contributed by atoms with Crippen LogP contribution >= 0.6 is 11.6 Å². The summed E-state index contributed by atoms with van der Waals surface area (Å²) < 4.78 is 79.7. The third-order valence-electron chi connectivity index (χ3n) is 6.05. The molecule has 0 atom stereocenters. The zero-order valence-corrected chi connectivity index (χ0v) is 20.4. The predicted molar refractivity (Wildman–Crippen MR) is 122 cm³/mol. The van der Waals surface area contributed by atoms with Gasteiger partial charge in [-0.1, -0.05) is 25.4 Å². The Labute approximate surface area is 193 Å². The van der Waals surface area contributed by atoms with Crippen molar-refractivity contribution in [1.82, 2.24) is 0 Å². The van der Waals surface area contributed by atoms with Gasteiger partial charge < -0.3 is 0 Å². The zero-order chi connectivity index (χ0) is 23.7. The summed E-state index contributed by atoms with van der Waals surface area (Å²) in [6.45, 7) is 3.66. The Kier molecular flexibility index (Phi) is 7.37. The second-order valence-electron chi connectivity index (χ2n) is 8.99. The molecule has 0 spiro atoms. The first-order chi connectivity index (χ1) is 14.9. The summed E-state index contributed by atoms with van der Waals surface area (Å²) in [6, 6.07) is 8.42. The molecule has 9 heteroatoms. The van der Waals surface area contributed by atoms with Crippen LogP contribution in [0.15, 0.2) is 47.4 Å². The van der Waals surface area contributed by atoms with Gasteiger partial charge in [-0.3, -0.25) is 0 Å². The lowest BCUT2D eigenvalue weighted by Crippen LogP contribution is -2.41. The average Bonchev–Trinajstić information content (AvgIpc) is 2.69. The van der Waals surface area contributed by atoms with Crippen LogP contribution in [0.3, 0.4) is 0 Å². The van der Waals surface area contributed by atoms with E-state index >= 15 is 0 Å². The Hall–Kier alpha value is -1.51. The van der Waals surface area contributed by atoms with Crippen molar-refractivity contribution in [2.75, 3.05) is 11.5 Å². The zero-order valence-electron chi connectivity index (χ0n) is 18.0. The van der Waals surface area contributed by atoms with E-state index in [1.807, 2.05) is 13.8 Å². The molecule has 2 aromatic carbocycles.